The molecule has 0 aliphatic heterocycles. The van der Waals surface area contributed by atoms with Crippen LogP contribution in [0.4, 0.5) is 5.82 Å². The van der Waals surface area contributed by atoms with E-state index in [9.17, 15) is 4.79 Å². The molecule has 1 amide bonds. The number of thiazole rings is 1. The highest BCUT2D eigenvalue weighted by molar-refractivity contribution is 7.13. The van der Waals surface area contributed by atoms with Crippen LogP contribution in [0.25, 0.3) is 16.6 Å². The average molecular weight is 370 g/mol. The minimum absolute atomic E-state index is 0.337. The summed E-state index contributed by atoms with van der Waals surface area (Å²) in [5.41, 5.74) is 3.00. The second-order valence-electron chi connectivity index (χ2n) is 5.42. The smallest absolute Gasteiger partial charge is 0.266 e. The molecular weight excluding hydrogens is 354 g/mol. The molecule has 0 saturated carbocycles. The first-order valence-electron chi connectivity index (χ1n) is 7.58. The first kappa shape index (κ1) is 17.4. The third-order valence-electron chi connectivity index (χ3n) is 3.66. The first-order chi connectivity index (χ1) is 12.0. The number of hydrazine groups is 1. The van der Waals surface area contributed by atoms with E-state index in [-0.39, 0.29) is 5.91 Å². The lowest BCUT2D eigenvalue weighted by Gasteiger charge is -2.10. The third kappa shape index (κ3) is 4.14. The summed E-state index contributed by atoms with van der Waals surface area (Å²) in [6, 6.07) is 15.2. The molecule has 2 N–H and O–H groups in total. The number of aromatic nitrogens is 1. The highest BCUT2D eigenvalue weighted by Crippen LogP contribution is 2.28. The lowest BCUT2D eigenvalue weighted by Crippen LogP contribution is -2.36. The zero-order valence-electron chi connectivity index (χ0n) is 13.5. The number of rotatable bonds is 4. The van der Waals surface area contributed by atoms with Crippen molar-refractivity contribution >= 4 is 40.7 Å². The lowest BCUT2D eigenvalue weighted by atomic mass is 10.1. The quantitative estimate of drug-likeness (QED) is 0.314. The normalized spacial score (nSPS) is 11.0. The molecule has 0 radical (unpaired) electrons. The van der Waals surface area contributed by atoms with Crippen molar-refractivity contribution in [3.63, 3.8) is 0 Å². The molecule has 0 bridgehead atoms. The van der Waals surface area contributed by atoms with Crippen molar-refractivity contribution < 1.29 is 4.79 Å². The molecule has 0 saturated heterocycles. The van der Waals surface area contributed by atoms with Crippen molar-refractivity contribution in [2.75, 3.05) is 5.01 Å². The monoisotopic (exact) mass is 369 g/mol. The first-order valence-corrected chi connectivity index (χ1v) is 8.84. The molecule has 25 heavy (non-hydrogen) atoms. The van der Waals surface area contributed by atoms with Gasteiger partial charge in [0, 0.05) is 22.0 Å². The summed E-state index contributed by atoms with van der Waals surface area (Å²) >= 11 is 7.31. The summed E-state index contributed by atoms with van der Waals surface area (Å²) < 4.78 is 0. The van der Waals surface area contributed by atoms with Gasteiger partial charge in [0.25, 0.3) is 5.91 Å². The van der Waals surface area contributed by atoms with Crippen LogP contribution in [-0.2, 0) is 4.79 Å². The second kappa shape index (κ2) is 7.61. The van der Waals surface area contributed by atoms with E-state index in [1.54, 1.807) is 23.6 Å². The fourth-order valence-corrected chi connectivity index (χ4v) is 3.16. The lowest BCUT2D eigenvalue weighted by molar-refractivity contribution is -0.114. The Balaban J connectivity index is 1.74. The van der Waals surface area contributed by atoms with Gasteiger partial charge in [0.2, 0.25) is 0 Å². The van der Waals surface area contributed by atoms with Crippen molar-refractivity contribution in [1.29, 1.82) is 0 Å². The van der Waals surface area contributed by atoms with Gasteiger partial charge in [-0.15, -0.1) is 11.3 Å². The maximum absolute atomic E-state index is 12.3. The number of hydrogen-bond acceptors (Lipinski definition) is 4. The second-order valence-corrected chi connectivity index (χ2v) is 6.71. The summed E-state index contributed by atoms with van der Waals surface area (Å²) in [5, 5.41) is 4.24. The minimum atomic E-state index is -0.337. The van der Waals surface area contributed by atoms with E-state index in [1.807, 2.05) is 43.3 Å². The molecule has 126 valence electrons. The molecule has 0 fully saturated rings. The summed E-state index contributed by atoms with van der Waals surface area (Å²) in [5.74, 6) is 5.99. The fraction of sp³-hybridized carbons (Fsp3) is 0.0526. The molecular formula is C19H16ClN3OS. The van der Waals surface area contributed by atoms with Gasteiger partial charge in [0.05, 0.1) is 0 Å². The number of amides is 1. The predicted molar refractivity (Wildman–Crippen MR) is 104 cm³/mol. The van der Waals surface area contributed by atoms with E-state index in [4.69, 9.17) is 17.4 Å². The number of nitrogens with two attached hydrogens (primary N) is 1. The Kier molecular flexibility index (Phi) is 5.28. The van der Waals surface area contributed by atoms with Gasteiger partial charge in [-0.1, -0.05) is 48.0 Å². The standard InChI is InChI=1S/C19H16ClN3OS/c1-13-4-2-3-5-14(13)8-11-18(24)23(21)17-12-25-19(22-17)15-6-9-16(20)10-7-15/h2-12H,21H2,1H3. The third-order valence-corrected chi connectivity index (χ3v) is 4.79. The molecule has 0 spiro atoms. The van der Waals surface area contributed by atoms with Gasteiger partial charge in [0.1, 0.15) is 5.01 Å². The van der Waals surface area contributed by atoms with Crippen LogP contribution >= 0.6 is 22.9 Å². The van der Waals surface area contributed by atoms with Crippen molar-refractivity contribution in [2.45, 2.75) is 6.92 Å². The Hall–Kier alpha value is -2.47. The Morgan fingerprint density at radius 1 is 1.20 bits per heavy atom. The topological polar surface area (TPSA) is 59.2 Å². The number of aryl methyl sites for hydroxylation is 1. The van der Waals surface area contributed by atoms with Crippen LogP contribution in [0.3, 0.4) is 0 Å². The van der Waals surface area contributed by atoms with Crippen molar-refractivity contribution in [3.8, 4) is 10.6 Å². The molecule has 4 nitrogen and oxygen atoms in total. The maximum Gasteiger partial charge on any atom is 0.266 e. The van der Waals surface area contributed by atoms with Crippen LogP contribution in [0.2, 0.25) is 5.02 Å². The number of carbonyl (C=O) groups is 1. The molecule has 1 aromatic heterocycles. The summed E-state index contributed by atoms with van der Waals surface area (Å²) in [6.07, 6.45) is 3.20. The largest absolute Gasteiger partial charge is 0.268 e. The van der Waals surface area contributed by atoms with E-state index in [1.165, 1.54) is 17.4 Å². The highest BCUT2D eigenvalue weighted by atomic mass is 35.5. The Morgan fingerprint density at radius 2 is 1.92 bits per heavy atom. The average Bonchev–Trinajstić information content (AvgIpc) is 3.11. The molecule has 0 aliphatic rings. The highest BCUT2D eigenvalue weighted by Gasteiger charge is 2.13. The van der Waals surface area contributed by atoms with E-state index in [0.717, 1.165) is 26.7 Å². The number of hydrogen-bond donors (Lipinski definition) is 1. The molecule has 1 heterocycles. The minimum Gasteiger partial charge on any atom is -0.268 e. The maximum atomic E-state index is 12.3. The fourth-order valence-electron chi connectivity index (χ4n) is 2.23. The predicted octanol–water partition coefficient (Wildman–Crippen LogP) is 4.69. The molecule has 3 rings (SSSR count). The van der Waals surface area contributed by atoms with Crippen molar-refractivity contribution in [3.05, 3.63) is 76.1 Å². The van der Waals surface area contributed by atoms with E-state index in [2.05, 4.69) is 4.98 Å². The number of carbonyl (C=O) groups excluding carboxylic acids is 1. The SMILES string of the molecule is Cc1ccccc1C=CC(=O)N(N)c1csc(-c2ccc(Cl)cc2)n1. The molecule has 0 unspecified atom stereocenters. The van der Waals surface area contributed by atoms with E-state index >= 15 is 0 Å². The van der Waals surface area contributed by atoms with E-state index < -0.39 is 0 Å². The van der Waals surface area contributed by atoms with Crippen LogP contribution in [0.1, 0.15) is 11.1 Å². The molecule has 6 heteroatoms. The van der Waals surface area contributed by atoms with Gasteiger partial charge in [-0.3, -0.25) is 4.79 Å². The van der Waals surface area contributed by atoms with Gasteiger partial charge in [-0.05, 0) is 36.3 Å². The van der Waals surface area contributed by atoms with Crippen LogP contribution in [0.15, 0.2) is 60.0 Å². The van der Waals surface area contributed by atoms with Crippen molar-refractivity contribution in [1.82, 2.24) is 4.98 Å². The van der Waals surface area contributed by atoms with Gasteiger partial charge in [-0.2, -0.15) is 0 Å². The molecule has 0 atom stereocenters. The summed E-state index contributed by atoms with van der Waals surface area (Å²) in [7, 11) is 0. The number of nitrogens with zero attached hydrogens (tertiary/aromatic N) is 2. The van der Waals surface area contributed by atoms with Crippen LogP contribution < -0.4 is 10.9 Å². The summed E-state index contributed by atoms with van der Waals surface area (Å²) in [4.78, 5) is 16.7. The molecule has 3 aromatic rings. The van der Waals surface area contributed by atoms with Gasteiger partial charge < -0.3 is 0 Å². The molecule has 0 aliphatic carbocycles. The van der Waals surface area contributed by atoms with Gasteiger partial charge in [0.15, 0.2) is 5.82 Å². The summed E-state index contributed by atoms with van der Waals surface area (Å²) in [6.45, 7) is 1.99. The Labute approximate surface area is 155 Å². The van der Waals surface area contributed by atoms with Crippen molar-refractivity contribution in [2.24, 2.45) is 5.84 Å². The number of halogens is 1. The van der Waals surface area contributed by atoms with Gasteiger partial charge >= 0.3 is 0 Å². The van der Waals surface area contributed by atoms with Crippen LogP contribution in [0, 0.1) is 6.92 Å². The number of anilines is 1. The Bertz CT molecular complexity index is 918. The zero-order valence-corrected chi connectivity index (χ0v) is 15.1. The number of benzene rings is 2. The zero-order chi connectivity index (χ0) is 17.8. The van der Waals surface area contributed by atoms with Crippen LogP contribution in [-0.4, -0.2) is 10.9 Å². The van der Waals surface area contributed by atoms with Crippen LogP contribution in [0.5, 0.6) is 0 Å². The molecule has 2 aromatic carbocycles. The Morgan fingerprint density at radius 3 is 2.64 bits per heavy atom. The van der Waals surface area contributed by atoms with Gasteiger partial charge in [-0.25, -0.2) is 15.8 Å². The van der Waals surface area contributed by atoms with E-state index in [0.29, 0.717) is 10.8 Å².